The number of anilines is 1. The van der Waals surface area contributed by atoms with Gasteiger partial charge in [-0.15, -0.1) is 0 Å². The van der Waals surface area contributed by atoms with E-state index in [9.17, 15) is 4.79 Å². The molecule has 0 radical (unpaired) electrons. The molecule has 7 nitrogen and oxygen atoms in total. The highest BCUT2D eigenvalue weighted by atomic mass is 16.5. The van der Waals surface area contributed by atoms with Crippen molar-refractivity contribution in [3.8, 4) is 0 Å². The largest absolute Gasteiger partial charge is 0.356 e. The number of nitrogens with one attached hydrogen (secondary N) is 1. The Labute approximate surface area is 153 Å². The number of rotatable bonds is 3. The van der Waals surface area contributed by atoms with Crippen LogP contribution in [-0.2, 0) is 21.7 Å². The van der Waals surface area contributed by atoms with E-state index >= 15 is 0 Å². The van der Waals surface area contributed by atoms with Crippen LogP contribution >= 0.6 is 0 Å². The predicted molar refractivity (Wildman–Crippen MR) is 97.7 cm³/mol. The normalized spacial score (nSPS) is 21.7. The maximum Gasteiger partial charge on any atom is 0.251 e. The van der Waals surface area contributed by atoms with E-state index in [1.54, 1.807) is 6.20 Å². The molecule has 1 spiro atoms. The van der Waals surface area contributed by atoms with Gasteiger partial charge in [0.15, 0.2) is 6.10 Å². The monoisotopic (exact) mass is 355 g/mol. The van der Waals surface area contributed by atoms with Gasteiger partial charge < -0.3 is 19.5 Å². The van der Waals surface area contributed by atoms with E-state index in [0.717, 1.165) is 37.6 Å². The van der Waals surface area contributed by atoms with E-state index < -0.39 is 11.7 Å². The molecule has 1 unspecified atom stereocenters. The summed E-state index contributed by atoms with van der Waals surface area (Å²) in [6.07, 6.45) is 6.64. The molecule has 1 N–H and O–H groups in total. The zero-order valence-corrected chi connectivity index (χ0v) is 15.3. The lowest BCUT2D eigenvalue weighted by Crippen LogP contribution is -2.54. The number of hydrogen-bond acceptors (Lipinski definition) is 5. The minimum Gasteiger partial charge on any atom is -0.356 e. The molecular weight excluding hydrogens is 330 g/mol. The molecule has 4 rings (SSSR count). The molecule has 2 aliphatic heterocycles. The van der Waals surface area contributed by atoms with Crippen molar-refractivity contribution in [2.45, 2.75) is 51.0 Å². The molecule has 1 atom stereocenters. The molecule has 1 saturated heterocycles. The first-order valence-electron chi connectivity index (χ1n) is 9.23. The number of piperidine rings is 1. The molecule has 2 aromatic rings. The van der Waals surface area contributed by atoms with Crippen molar-refractivity contribution in [2.24, 2.45) is 0 Å². The van der Waals surface area contributed by atoms with Crippen LogP contribution in [0, 0.1) is 0 Å². The summed E-state index contributed by atoms with van der Waals surface area (Å²) in [4.78, 5) is 23.8. The van der Waals surface area contributed by atoms with Crippen LogP contribution in [0.4, 0.5) is 5.82 Å². The number of imidazole rings is 1. The summed E-state index contributed by atoms with van der Waals surface area (Å²) in [5.41, 5.74) is -0.508. The van der Waals surface area contributed by atoms with Crippen LogP contribution in [0.1, 0.15) is 32.5 Å². The summed E-state index contributed by atoms with van der Waals surface area (Å²) in [6, 6.07) is 6.05. The van der Waals surface area contributed by atoms with Crippen molar-refractivity contribution in [3.63, 3.8) is 0 Å². The number of carbonyl (C=O) groups excluding carboxylic acids is 1. The Morgan fingerprint density at radius 3 is 2.77 bits per heavy atom. The lowest BCUT2D eigenvalue weighted by molar-refractivity contribution is -0.167. The number of carbonyl (C=O) groups is 1. The molecule has 26 heavy (non-hydrogen) atoms. The van der Waals surface area contributed by atoms with Gasteiger partial charge in [-0.2, -0.15) is 0 Å². The second-order valence-corrected chi connectivity index (χ2v) is 7.34. The summed E-state index contributed by atoms with van der Waals surface area (Å²) in [6.45, 7) is 6.08. The number of ether oxygens (including phenoxy) is 1. The quantitative estimate of drug-likeness (QED) is 0.907. The molecule has 0 saturated carbocycles. The number of fused-ring (bicyclic) bond motifs is 2. The number of nitrogens with zero attached hydrogens (tertiary/aromatic N) is 4. The van der Waals surface area contributed by atoms with Gasteiger partial charge in [0.25, 0.3) is 5.91 Å². The number of aromatic nitrogens is 3. The Balaban J connectivity index is 1.55. The van der Waals surface area contributed by atoms with E-state index in [1.807, 2.05) is 44.4 Å². The Hall–Kier alpha value is -2.41. The Morgan fingerprint density at radius 2 is 2.08 bits per heavy atom. The molecule has 1 fully saturated rings. The topological polar surface area (TPSA) is 72.3 Å². The first-order chi connectivity index (χ1) is 12.6. The highest BCUT2D eigenvalue weighted by Crippen LogP contribution is 2.40. The SMILES string of the molecule is CC(C)NC(=O)C1Cn2ccnc2C2(CCN(c3ccccn3)CC2)O1. The second kappa shape index (κ2) is 6.72. The Bertz CT molecular complexity index is 765. The van der Waals surface area contributed by atoms with Gasteiger partial charge in [-0.1, -0.05) is 6.07 Å². The van der Waals surface area contributed by atoms with E-state index in [2.05, 4.69) is 24.8 Å². The third kappa shape index (κ3) is 3.07. The van der Waals surface area contributed by atoms with Crippen LogP contribution in [0.25, 0.3) is 0 Å². The molecule has 7 heteroatoms. The van der Waals surface area contributed by atoms with Crippen molar-refractivity contribution >= 4 is 11.7 Å². The van der Waals surface area contributed by atoms with Crippen LogP contribution in [0.15, 0.2) is 36.8 Å². The van der Waals surface area contributed by atoms with E-state index in [1.165, 1.54) is 0 Å². The average Bonchev–Trinajstić information content (AvgIpc) is 3.12. The molecule has 0 aliphatic carbocycles. The van der Waals surface area contributed by atoms with Gasteiger partial charge in [-0.3, -0.25) is 4.79 Å². The van der Waals surface area contributed by atoms with E-state index in [4.69, 9.17) is 4.74 Å². The Morgan fingerprint density at radius 1 is 1.27 bits per heavy atom. The number of amides is 1. The summed E-state index contributed by atoms with van der Waals surface area (Å²) < 4.78 is 8.48. The maximum absolute atomic E-state index is 12.6. The zero-order chi connectivity index (χ0) is 18.1. The standard InChI is InChI=1S/C19H25N5O2/c1-14(2)22-17(25)15-13-24-12-9-21-18(24)19(26-15)6-10-23(11-7-19)16-5-3-4-8-20-16/h3-5,8-9,12,14-15H,6-7,10-11,13H2,1-2H3,(H,22,25). The molecule has 0 aromatic carbocycles. The minimum absolute atomic E-state index is 0.0501. The molecule has 2 aromatic heterocycles. The Kier molecular flexibility index (Phi) is 4.40. The fraction of sp³-hybridized carbons (Fsp3) is 0.526. The lowest BCUT2D eigenvalue weighted by atomic mass is 9.88. The van der Waals surface area contributed by atoms with Gasteiger partial charge in [0.05, 0.1) is 6.54 Å². The summed E-state index contributed by atoms with van der Waals surface area (Å²) in [7, 11) is 0. The van der Waals surface area contributed by atoms with E-state index in [0.29, 0.717) is 6.54 Å². The third-order valence-corrected chi connectivity index (χ3v) is 5.12. The van der Waals surface area contributed by atoms with Crippen LogP contribution < -0.4 is 10.2 Å². The minimum atomic E-state index is -0.508. The van der Waals surface area contributed by atoms with Gasteiger partial charge in [-0.05, 0) is 26.0 Å². The second-order valence-electron chi connectivity index (χ2n) is 7.34. The fourth-order valence-corrected chi connectivity index (χ4v) is 3.89. The van der Waals surface area contributed by atoms with Crippen molar-refractivity contribution in [3.05, 3.63) is 42.6 Å². The van der Waals surface area contributed by atoms with Gasteiger partial charge in [0.2, 0.25) is 0 Å². The van der Waals surface area contributed by atoms with Gasteiger partial charge in [0.1, 0.15) is 17.2 Å². The molecule has 1 amide bonds. The van der Waals surface area contributed by atoms with Crippen LogP contribution in [0.3, 0.4) is 0 Å². The van der Waals surface area contributed by atoms with E-state index in [-0.39, 0.29) is 11.9 Å². The molecule has 0 bridgehead atoms. The third-order valence-electron chi connectivity index (χ3n) is 5.12. The lowest BCUT2D eigenvalue weighted by Gasteiger charge is -2.45. The number of hydrogen-bond donors (Lipinski definition) is 1. The smallest absolute Gasteiger partial charge is 0.251 e. The molecular formula is C19H25N5O2. The van der Waals surface area contributed by atoms with Crippen LogP contribution in [0.2, 0.25) is 0 Å². The zero-order valence-electron chi connectivity index (χ0n) is 15.3. The summed E-state index contributed by atoms with van der Waals surface area (Å²) in [5.74, 6) is 1.87. The van der Waals surface area contributed by atoms with Crippen molar-refractivity contribution < 1.29 is 9.53 Å². The average molecular weight is 355 g/mol. The van der Waals surface area contributed by atoms with Crippen molar-refractivity contribution in [2.75, 3.05) is 18.0 Å². The van der Waals surface area contributed by atoms with Crippen molar-refractivity contribution in [1.82, 2.24) is 19.9 Å². The molecule has 4 heterocycles. The van der Waals surface area contributed by atoms with Gasteiger partial charge in [-0.25, -0.2) is 9.97 Å². The molecule has 2 aliphatic rings. The van der Waals surface area contributed by atoms with Crippen LogP contribution in [0.5, 0.6) is 0 Å². The van der Waals surface area contributed by atoms with Crippen molar-refractivity contribution in [1.29, 1.82) is 0 Å². The maximum atomic E-state index is 12.6. The predicted octanol–water partition coefficient (Wildman–Crippen LogP) is 1.70. The first-order valence-corrected chi connectivity index (χ1v) is 9.23. The highest BCUT2D eigenvalue weighted by Gasteiger charge is 2.47. The summed E-state index contributed by atoms with van der Waals surface area (Å²) >= 11 is 0. The first kappa shape index (κ1) is 17.0. The van der Waals surface area contributed by atoms with Crippen LogP contribution in [-0.4, -0.2) is 45.7 Å². The van der Waals surface area contributed by atoms with Gasteiger partial charge >= 0.3 is 0 Å². The number of pyridine rings is 1. The molecule has 138 valence electrons. The summed E-state index contributed by atoms with van der Waals surface area (Å²) in [5, 5.41) is 2.97. The fourth-order valence-electron chi connectivity index (χ4n) is 3.89. The van der Waals surface area contributed by atoms with Gasteiger partial charge in [0, 0.05) is 50.6 Å². The highest BCUT2D eigenvalue weighted by molar-refractivity contribution is 5.81.